The van der Waals surface area contributed by atoms with Crippen LogP contribution < -0.4 is 0 Å². The van der Waals surface area contributed by atoms with Gasteiger partial charge in [-0.1, -0.05) is 18.2 Å². The Hall–Kier alpha value is -4.32. The van der Waals surface area contributed by atoms with Crippen molar-refractivity contribution in [3.63, 3.8) is 0 Å². The number of nitrogens with zero attached hydrogens (tertiary/aromatic N) is 4. The summed E-state index contributed by atoms with van der Waals surface area (Å²) in [4.78, 5) is 16.8. The van der Waals surface area contributed by atoms with E-state index in [0.717, 1.165) is 55.7 Å². The SMILES string of the molecule is Cc1ccncc1-c1ccc2[nH]nc(-c3nc4c(-c5ccncc5)cccc4[nH]3)c2c1. The number of H-pyrrole nitrogens is 2. The normalized spacial score (nSPS) is 11.4. The lowest BCUT2D eigenvalue weighted by Gasteiger charge is -2.05. The predicted octanol–water partition coefficient (Wildman–Crippen LogP) is 5.54. The molecule has 6 aromatic rings. The number of pyridine rings is 2. The van der Waals surface area contributed by atoms with Gasteiger partial charge in [-0.3, -0.25) is 15.1 Å². The number of para-hydroxylation sites is 1. The van der Waals surface area contributed by atoms with E-state index in [1.165, 1.54) is 5.56 Å². The van der Waals surface area contributed by atoms with Crippen molar-refractivity contribution < 1.29 is 0 Å². The Kier molecular flexibility index (Phi) is 3.89. The van der Waals surface area contributed by atoms with Gasteiger partial charge in [0, 0.05) is 41.3 Å². The third kappa shape index (κ3) is 2.88. The minimum atomic E-state index is 0.739. The van der Waals surface area contributed by atoms with Crippen LogP contribution in [0.5, 0.6) is 0 Å². The Balaban J connectivity index is 1.52. The van der Waals surface area contributed by atoms with Gasteiger partial charge in [-0.25, -0.2) is 4.98 Å². The summed E-state index contributed by atoms with van der Waals surface area (Å²) < 4.78 is 0. The van der Waals surface area contributed by atoms with Crippen LogP contribution in [0.1, 0.15) is 5.56 Å². The van der Waals surface area contributed by atoms with E-state index in [4.69, 9.17) is 4.98 Å². The molecule has 0 fully saturated rings. The van der Waals surface area contributed by atoms with Gasteiger partial charge in [0.25, 0.3) is 0 Å². The average molecular weight is 402 g/mol. The Labute approximate surface area is 178 Å². The second-order valence-corrected chi connectivity index (χ2v) is 7.55. The zero-order chi connectivity index (χ0) is 20.8. The summed E-state index contributed by atoms with van der Waals surface area (Å²) >= 11 is 0. The molecule has 0 amide bonds. The molecule has 0 radical (unpaired) electrons. The zero-order valence-corrected chi connectivity index (χ0v) is 16.8. The van der Waals surface area contributed by atoms with E-state index < -0.39 is 0 Å². The van der Waals surface area contributed by atoms with Crippen LogP contribution in [0, 0.1) is 6.92 Å². The molecule has 0 aliphatic heterocycles. The van der Waals surface area contributed by atoms with Crippen molar-refractivity contribution in [3.05, 3.63) is 84.9 Å². The van der Waals surface area contributed by atoms with Gasteiger partial charge in [-0.05, 0) is 60.0 Å². The van der Waals surface area contributed by atoms with Crippen LogP contribution in [0.15, 0.2) is 79.4 Å². The van der Waals surface area contributed by atoms with Crippen molar-refractivity contribution in [2.24, 2.45) is 0 Å². The van der Waals surface area contributed by atoms with Gasteiger partial charge in [-0.2, -0.15) is 5.10 Å². The maximum Gasteiger partial charge on any atom is 0.159 e. The summed E-state index contributed by atoms with van der Waals surface area (Å²) in [5.41, 5.74) is 9.21. The summed E-state index contributed by atoms with van der Waals surface area (Å²) in [6.45, 7) is 2.09. The Morgan fingerprint density at radius 1 is 0.774 bits per heavy atom. The quantitative estimate of drug-likeness (QED) is 0.407. The van der Waals surface area contributed by atoms with Crippen LogP contribution in [-0.4, -0.2) is 30.1 Å². The van der Waals surface area contributed by atoms with Gasteiger partial charge >= 0.3 is 0 Å². The van der Waals surface area contributed by atoms with Gasteiger partial charge in [0.2, 0.25) is 0 Å². The molecule has 6 nitrogen and oxygen atoms in total. The minimum Gasteiger partial charge on any atom is -0.337 e. The van der Waals surface area contributed by atoms with Gasteiger partial charge in [-0.15, -0.1) is 0 Å². The summed E-state index contributed by atoms with van der Waals surface area (Å²) in [6, 6.07) is 18.5. The van der Waals surface area contributed by atoms with E-state index in [1.807, 2.05) is 42.7 Å². The number of fused-ring (bicyclic) bond motifs is 2. The number of nitrogens with one attached hydrogen (secondary N) is 2. The van der Waals surface area contributed by atoms with Gasteiger partial charge in [0.1, 0.15) is 5.69 Å². The summed E-state index contributed by atoms with van der Waals surface area (Å²) in [7, 11) is 0. The van der Waals surface area contributed by atoms with E-state index in [2.05, 4.69) is 56.3 Å². The molecule has 0 unspecified atom stereocenters. The number of hydrogen-bond donors (Lipinski definition) is 2. The van der Waals surface area contributed by atoms with E-state index >= 15 is 0 Å². The largest absolute Gasteiger partial charge is 0.337 e. The molecular formula is C25H18N6. The number of aryl methyl sites for hydroxylation is 1. The number of benzene rings is 2. The second kappa shape index (κ2) is 6.88. The van der Waals surface area contributed by atoms with Crippen molar-refractivity contribution in [2.45, 2.75) is 6.92 Å². The highest BCUT2D eigenvalue weighted by atomic mass is 15.1. The first-order valence-corrected chi connectivity index (χ1v) is 10.1. The highest BCUT2D eigenvalue weighted by molar-refractivity contribution is 5.98. The molecule has 0 saturated heterocycles. The van der Waals surface area contributed by atoms with Crippen molar-refractivity contribution in [3.8, 4) is 33.8 Å². The smallest absolute Gasteiger partial charge is 0.159 e. The zero-order valence-electron chi connectivity index (χ0n) is 16.8. The fraction of sp³-hybridized carbons (Fsp3) is 0.0400. The van der Waals surface area contributed by atoms with Crippen LogP contribution in [0.2, 0.25) is 0 Å². The lowest BCUT2D eigenvalue weighted by molar-refractivity contribution is 1.11. The van der Waals surface area contributed by atoms with Crippen molar-refractivity contribution >= 4 is 21.9 Å². The molecule has 0 aliphatic rings. The Morgan fingerprint density at radius 3 is 2.52 bits per heavy atom. The van der Waals surface area contributed by atoms with Crippen LogP contribution in [0.25, 0.3) is 55.7 Å². The fourth-order valence-corrected chi connectivity index (χ4v) is 4.04. The average Bonchev–Trinajstić information content (AvgIpc) is 3.43. The predicted molar refractivity (Wildman–Crippen MR) is 122 cm³/mol. The number of imidazole rings is 1. The summed E-state index contributed by atoms with van der Waals surface area (Å²) in [5, 5.41) is 8.73. The first-order valence-electron chi connectivity index (χ1n) is 10.1. The maximum atomic E-state index is 4.93. The molecule has 6 heteroatoms. The number of hydrogen-bond acceptors (Lipinski definition) is 4. The molecule has 6 rings (SSSR count). The van der Waals surface area contributed by atoms with E-state index in [-0.39, 0.29) is 0 Å². The third-order valence-corrected chi connectivity index (χ3v) is 5.64. The minimum absolute atomic E-state index is 0.739. The molecule has 148 valence electrons. The molecule has 0 spiro atoms. The maximum absolute atomic E-state index is 4.93. The molecule has 2 N–H and O–H groups in total. The van der Waals surface area contributed by atoms with Crippen LogP contribution in [0.4, 0.5) is 0 Å². The van der Waals surface area contributed by atoms with Crippen molar-refractivity contribution in [1.29, 1.82) is 0 Å². The van der Waals surface area contributed by atoms with E-state index in [0.29, 0.717) is 0 Å². The van der Waals surface area contributed by atoms with Crippen LogP contribution in [-0.2, 0) is 0 Å². The fourth-order valence-electron chi connectivity index (χ4n) is 4.04. The molecular weight excluding hydrogens is 384 g/mol. The Bertz CT molecular complexity index is 1550. The van der Waals surface area contributed by atoms with Crippen molar-refractivity contribution in [1.82, 2.24) is 30.1 Å². The second-order valence-electron chi connectivity index (χ2n) is 7.55. The lowest BCUT2D eigenvalue weighted by Crippen LogP contribution is -1.86. The molecule has 4 aromatic heterocycles. The number of aromatic amines is 2. The van der Waals surface area contributed by atoms with E-state index in [1.54, 1.807) is 12.4 Å². The molecule has 2 aromatic carbocycles. The number of aromatic nitrogens is 6. The highest BCUT2D eigenvalue weighted by Crippen LogP contribution is 2.33. The molecule has 0 atom stereocenters. The first-order chi connectivity index (χ1) is 15.3. The molecule has 0 aliphatic carbocycles. The van der Waals surface area contributed by atoms with Crippen LogP contribution in [0.3, 0.4) is 0 Å². The van der Waals surface area contributed by atoms with Crippen molar-refractivity contribution in [2.75, 3.05) is 0 Å². The molecule has 0 bridgehead atoms. The monoisotopic (exact) mass is 402 g/mol. The van der Waals surface area contributed by atoms with Gasteiger partial charge in [0.05, 0.1) is 16.6 Å². The highest BCUT2D eigenvalue weighted by Gasteiger charge is 2.16. The van der Waals surface area contributed by atoms with Crippen LogP contribution >= 0.6 is 0 Å². The lowest BCUT2D eigenvalue weighted by atomic mass is 10.0. The standard InChI is InChI=1S/C25H18N6/c1-15-7-10-27-14-20(15)17-5-6-21-19(13-17)24(31-30-21)25-28-22-4-2-3-18(23(22)29-25)16-8-11-26-12-9-16/h2-14H,1H3,(H,28,29)(H,30,31). The third-order valence-electron chi connectivity index (χ3n) is 5.64. The summed E-state index contributed by atoms with van der Waals surface area (Å²) in [5.74, 6) is 0.739. The summed E-state index contributed by atoms with van der Waals surface area (Å²) in [6.07, 6.45) is 7.31. The Morgan fingerprint density at radius 2 is 1.65 bits per heavy atom. The molecule has 0 saturated carbocycles. The molecule has 31 heavy (non-hydrogen) atoms. The van der Waals surface area contributed by atoms with Gasteiger partial charge < -0.3 is 4.98 Å². The van der Waals surface area contributed by atoms with Gasteiger partial charge in [0.15, 0.2) is 5.82 Å². The topological polar surface area (TPSA) is 83.1 Å². The first kappa shape index (κ1) is 17.5. The number of rotatable bonds is 3. The molecule has 4 heterocycles. The van der Waals surface area contributed by atoms with E-state index in [9.17, 15) is 0 Å².